The second kappa shape index (κ2) is 13.9. The SMILES string of the molecule is COc1ccc(SN(CCCNC(=O)OC2COC(OC)C(C)CC2C)CC(C)C)cc1. The normalized spacial score (nSPS) is 23.8. The Morgan fingerprint density at radius 2 is 1.94 bits per heavy atom. The first-order valence-corrected chi connectivity index (χ1v) is 12.3. The van der Waals surface area contributed by atoms with Crippen LogP contribution in [0.25, 0.3) is 0 Å². The zero-order valence-corrected chi connectivity index (χ0v) is 21.2. The van der Waals surface area contributed by atoms with E-state index >= 15 is 0 Å². The lowest BCUT2D eigenvalue weighted by Gasteiger charge is -2.24. The Hall–Kier alpha value is -1.48. The van der Waals surface area contributed by atoms with Crippen molar-refractivity contribution >= 4 is 18.0 Å². The van der Waals surface area contributed by atoms with Crippen molar-refractivity contribution < 1.29 is 23.7 Å². The van der Waals surface area contributed by atoms with Gasteiger partial charge >= 0.3 is 6.09 Å². The van der Waals surface area contributed by atoms with Crippen molar-refractivity contribution in [3.63, 3.8) is 0 Å². The van der Waals surface area contributed by atoms with E-state index in [1.807, 2.05) is 12.1 Å². The Bertz CT molecular complexity index is 673. The molecule has 7 nitrogen and oxygen atoms in total. The molecule has 0 spiro atoms. The monoisotopic (exact) mass is 468 g/mol. The van der Waals surface area contributed by atoms with Gasteiger partial charge in [-0.25, -0.2) is 9.10 Å². The van der Waals surface area contributed by atoms with Gasteiger partial charge in [-0.05, 0) is 60.9 Å². The molecule has 4 atom stereocenters. The summed E-state index contributed by atoms with van der Waals surface area (Å²) in [5.41, 5.74) is 0. The van der Waals surface area contributed by atoms with E-state index in [2.05, 4.69) is 49.4 Å². The van der Waals surface area contributed by atoms with Gasteiger partial charge in [0.1, 0.15) is 11.9 Å². The second-order valence-electron chi connectivity index (χ2n) is 8.90. The lowest BCUT2D eigenvalue weighted by molar-refractivity contribution is -0.155. The van der Waals surface area contributed by atoms with Crippen LogP contribution < -0.4 is 10.1 Å². The molecule has 4 unspecified atom stereocenters. The lowest BCUT2D eigenvalue weighted by Crippen LogP contribution is -2.35. The Morgan fingerprint density at radius 3 is 2.56 bits per heavy atom. The molecular weight excluding hydrogens is 428 g/mol. The van der Waals surface area contributed by atoms with Crippen LogP contribution in [-0.4, -0.2) is 63.3 Å². The van der Waals surface area contributed by atoms with Crippen molar-refractivity contribution in [1.82, 2.24) is 9.62 Å². The number of hydrogen-bond acceptors (Lipinski definition) is 7. The number of nitrogens with zero attached hydrogens (tertiary/aromatic N) is 1. The van der Waals surface area contributed by atoms with E-state index in [-0.39, 0.29) is 30.3 Å². The van der Waals surface area contributed by atoms with Crippen LogP contribution in [0.2, 0.25) is 0 Å². The molecular formula is C24H40N2O5S. The molecule has 1 aromatic rings. The van der Waals surface area contributed by atoms with Crippen molar-refractivity contribution in [2.45, 2.75) is 57.8 Å². The molecule has 1 aliphatic heterocycles. The molecule has 8 heteroatoms. The number of nitrogens with one attached hydrogen (secondary N) is 1. The highest BCUT2D eigenvalue weighted by atomic mass is 32.2. The third kappa shape index (κ3) is 9.17. The summed E-state index contributed by atoms with van der Waals surface area (Å²) >= 11 is 1.73. The van der Waals surface area contributed by atoms with Crippen LogP contribution >= 0.6 is 11.9 Å². The van der Waals surface area contributed by atoms with Crippen molar-refractivity contribution in [2.75, 3.05) is 40.5 Å². The van der Waals surface area contributed by atoms with Gasteiger partial charge in [-0.1, -0.05) is 27.7 Å². The van der Waals surface area contributed by atoms with Crippen LogP contribution in [-0.2, 0) is 14.2 Å². The van der Waals surface area contributed by atoms with E-state index < -0.39 is 0 Å². The number of methoxy groups -OCH3 is 2. The maximum atomic E-state index is 12.3. The number of carbonyl (C=O) groups excluding carboxylic acids is 1. The minimum absolute atomic E-state index is 0.221. The van der Waals surface area contributed by atoms with Crippen LogP contribution in [0.3, 0.4) is 0 Å². The topological polar surface area (TPSA) is 69.3 Å². The Labute approximate surface area is 197 Å². The van der Waals surface area contributed by atoms with Gasteiger partial charge in [0, 0.05) is 37.6 Å². The summed E-state index contributed by atoms with van der Waals surface area (Å²) in [7, 11) is 3.32. The van der Waals surface area contributed by atoms with Gasteiger partial charge in [0.15, 0.2) is 6.29 Å². The zero-order valence-electron chi connectivity index (χ0n) is 20.3. The van der Waals surface area contributed by atoms with E-state index in [1.165, 1.54) is 4.90 Å². The van der Waals surface area contributed by atoms with Crippen LogP contribution in [0.15, 0.2) is 29.2 Å². The van der Waals surface area contributed by atoms with E-state index in [4.69, 9.17) is 18.9 Å². The van der Waals surface area contributed by atoms with E-state index in [1.54, 1.807) is 26.2 Å². The molecule has 0 saturated carbocycles. The summed E-state index contributed by atoms with van der Waals surface area (Å²) in [5.74, 6) is 1.89. The first-order chi connectivity index (χ1) is 15.3. The van der Waals surface area contributed by atoms with Crippen molar-refractivity contribution in [1.29, 1.82) is 0 Å². The number of alkyl carbamates (subject to hydrolysis) is 1. The van der Waals surface area contributed by atoms with E-state index in [0.717, 1.165) is 31.7 Å². The van der Waals surface area contributed by atoms with Gasteiger partial charge in [-0.3, -0.25) is 0 Å². The summed E-state index contributed by atoms with van der Waals surface area (Å²) in [5, 5.41) is 2.89. The zero-order chi connectivity index (χ0) is 23.5. The van der Waals surface area contributed by atoms with Gasteiger partial charge in [-0.15, -0.1) is 0 Å². The summed E-state index contributed by atoms with van der Waals surface area (Å²) in [4.78, 5) is 13.5. The number of ether oxygens (including phenoxy) is 4. The number of hydrogen-bond donors (Lipinski definition) is 1. The van der Waals surface area contributed by atoms with Crippen LogP contribution in [0, 0.1) is 17.8 Å². The predicted octanol–water partition coefficient (Wildman–Crippen LogP) is 4.81. The highest BCUT2D eigenvalue weighted by Gasteiger charge is 2.32. The number of benzene rings is 1. The molecule has 1 aromatic carbocycles. The predicted molar refractivity (Wildman–Crippen MR) is 128 cm³/mol. The van der Waals surface area contributed by atoms with Crippen LogP contribution in [0.4, 0.5) is 4.79 Å². The Kier molecular flexibility index (Phi) is 11.7. The Morgan fingerprint density at radius 1 is 1.22 bits per heavy atom. The molecule has 0 aliphatic carbocycles. The largest absolute Gasteiger partial charge is 0.497 e. The average molecular weight is 469 g/mol. The van der Waals surface area contributed by atoms with Crippen LogP contribution in [0.5, 0.6) is 5.75 Å². The first-order valence-electron chi connectivity index (χ1n) is 11.5. The number of amides is 1. The summed E-state index contributed by atoms with van der Waals surface area (Å²) < 4.78 is 24.4. The van der Waals surface area contributed by atoms with Gasteiger partial charge < -0.3 is 24.3 Å². The fourth-order valence-electron chi connectivity index (χ4n) is 3.81. The second-order valence-corrected chi connectivity index (χ2v) is 10.1. The van der Waals surface area contributed by atoms with Crippen molar-refractivity contribution in [3.8, 4) is 5.75 Å². The fourth-order valence-corrected chi connectivity index (χ4v) is 4.96. The minimum Gasteiger partial charge on any atom is -0.497 e. The van der Waals surface area contributed by atoms with Crippen molar-refractivity contribution in [3.05, 3.63) is 24.3 Å². The molecule has 1 heterocycles. The van der Waals surface area contributed by atoms with Gasteiger partial charge in [0.05, 0.1) is 13.7 Å². The highest BCUT2D eigenvalue weighted by molar-refractivity contribution is 7.97. The molecule has 0 aromatic heterocycles. The van der Waals surface area contributed by atoms with Gasteiger partial charge in [-0.2, -0.15) is 0 Å². The van der Waals surface area contributed by atoms with Gasteiger partial charge in [0.25, 0.3) is 0 Å². The fraction of sp³-hybridized carbons (Fsp3) is 0.708. The number of carbonyl (C=O) groups is 1. The lowest BCUT2D eigenvalue weighted by atomic mass is 9.94. The third-order valence-electron chi connectivity index (χ3n) is 5.47. The third-order valence-corrected chi connectivity index (χ3v) is 6.55. The summed E-state index contributed by atoms with van der Waals surface area (Å²) in [6.45, 7) is 11.4. The summed E-state index contributed by atoms with van der Waals surface area (Å²) in [6.07, 6.45) is 0.838. The molecule has 0 radical (unpaired) electrons. The summed E-state index contributed by atoms with van der Waals surface area (Å²) in [6, 6.07) is 8.08. The maximum absolute atomic E-state index is 12.3. The van der Waals surface area contributed by atoms with Gasteiger partial charge in [0.2, 0.25) is 0 Å². The molecule has 2 rings (SSSR count). The molecule has 0 bridgehead atoms. The van der Waals surface area contributed by atoms with E-state index in [0.29, 0.717) is 19.1 Å². The Balaban J connectivity index is 1.75. The minimum atomic E-state index is -0.382. The molecule has 1 saturated heterocycles. The van der Waals surface area contributed by atoms with Crippen LogP contribution in [0.1, 0.15) is 40.5 Å². The maximum Gasteiger partial charge on any atom is 0.407 e. The average Bonchev–Trinajstić information content (AvgIpc) is 2.88. The quantitative estimate of drug-likeness (QED) is 0.369. The highest BCUT2D eigenvalue weighted by Crippen LogP contribution is 2.27. The first kappa shape index (κ1) is 26.8. The standard InChI is InChI=1S/C24H40N2O5S/c1-17(2)15-26(32-21-10-8-20(28-5)9-11-21)13-7-12-25-24(27)31-22-16-30-23(29-6)19(4)14-18(22)3/h8-11,17-19,22-23H,7,12-16H2,1-6H3,(H,25,27). The van der Waals surface area contributed by atoms with Crippen molar-refractivity contribution in [2.24, 2.45) is 17.8 Å². The molecule has 1 N–H and O–H groups in total. The molecule has 1 fully saturated rings. The molecule has 1 aliphatic rings. The molecule has 32 heavy (non-hydrogen) atoms. The van der Waals surface area contributed by atoms with E-state index in [9.17, 15) is 4.79 Å². The smallest absolute Gasteiger partial charge is 0.407 e. The molecule has 182 valence electrons. The molecule has 1 amide bonds. The number of rotatable bonds is 11.